The summed E-state index contributed by atoms with van der Waals surface area (Å²) in [4.78, 5) is 11.6. The van der Waals surface area contributed by atoms with Gasteiger partial charge >= 0.3 is 0 Å². The van der Waals surface area contributed by atoms with Crippen LogP contribution in [0.2, 0.25) is 0 Å². The lowest BCUT2D eigenvalue weighted by atomic mass is 10.0. The lowest BCUT2D eigenvalue weighted by Crippen LogP contribution is -1.93. The van der Waals surface area contributed by atoms with Gasteiger partial charge in [-0.05, 0) is 24.1 Å². The summed E-state index contributed by atoms with van der Waals surface area (Å²) in [5.74, 6) is 0.0483. The highest BCUT2D eigenvalue weighted by Crippen LogP contribution is 2.19. The Bertz CT molecular complexity index is 521. The summed E-state index contributed by atoms with van der Waals surface area (Å²) < 4.78 is 0. The summed E-state index contributed by atoms with van der Waals surface area (Å²) in [7, 11) is 0. The fourth-order valence-corrected chi connectivity index (χ4v) is 1.71. The smallest absolute Gasteiger partial charge is 0.185 e. The molecule has 0 unspecified atom stereocenters. The molecule has 1 nitrogen and oxygen atoms in total. The van der Waals surface area contributed by atoms with E-state index in [0.29, 0.717) is 0 Å². The highest BCUT2D eigenvalue weighted by atomic mass is 16.1. The maximum atomic E-state index is 11.6. The van der Waals surface area contributed by atoms with Gasteiger partial charge in [0.05, 0.1) is 0 Å². The Kier molecular flexibility index (Phi) is 3.51. The second-order valence-corrected chi connectivity index (χ2v) is 3.81. The van der Waals surface area contributed by atoms with Crippen LogP contribution in [0.5, 0.6) is 0 Å². The van der Waals surface area contributed by atoms with Crippen LogP contribution >= 0.6 is 0 Å². The molecule has 1 heteroatoms. The van der Waals surface area contributed by atoms with Crippen LogP contribution in [-0.4, -0.2) is 5.78 Å². The number of hydrogen-bond acceptors (Lipinski definition) is 1. The minimum Gasteiger partial charge on any atom is -0.289 e. The van der Waals surface area contributed by atoms with E-state index in [1.54, 1.807) is 12.2 Å². The molecule has 0 saturated carbocycles. The first-order valence-corrected chi connectivity index (χ1v) is 5.64. The summed E-state index contributed by atoms with van der Waals surface area (Å²) in [6, 6.07) is 17.8. The SMILES string of the molecule is C/C=C/C(=O)c1ccc(-c2ccccc2)cc1. The fraction of sp³-hybridized carbons (Fsp3) is 0.0625. The van der Waals surface area contributed by atoms with Gasteiger partial charge in [-0.3, -0.25) is 4.79 Å². The molecule has 0 amide bonds. The third-order valence-corrected chi connectivity index (χ3v) is 2.59. The van der Waals surface area contributed by atoms with Gasteiger partial charge < -0.3 is 0 Å². The van der Waals surface area contributed by atoms with Crippen molar-refractivity contribution in [1.29, 1.82) is 0 Å². The molecule has 0 spiro atoms. The van der Waals surface area contributed by atoms with Gasteiger partial charge in [0, 0.05) is 5.56 Å². The maximum absolute atomic E-state index is 11.6. The lowest BCUT2D eigenvalue weighted by Gasteiger charge is -2.02. The van der Waals surface area contributed by atoms with Crippen molar-refractivity contribution in [3.05, 3.63) is 72.3 Å². The summed E-state index contributed by atoms with van der Waals surface area (Å²) in [5.41, 5.74) is 3.02. The zero-order chi connectivity index (χ0) is 12.1. The van der Waals surface area contributed by atoms with Crippen LogP contribution in [0.25, 0.3) is 11.1 Å². The van der Waals surface area contributed by atoms with E-state index in [0.717, 1.165) is 16.7 Å². The molecule has 0 fully saturated rings. The Morgan fingerprint density at radius 1 is 0.882 bits per heavy atom. The van der Waals surface area contributed by atoms with Crippen LogP contribution in [0.15, 0.2) is 66.7 Å². The largest absolute Gasteiger partial charge is 0.289 e. The summed E-state index contributed by atoms with van der Waals surface area (Å²) >= 11 is 0. The lowest BCUT2D eigenvalue weighted by molar-refractivity contribution is 0.104. The van der Waals surface area contributed by atoms with E-state index in [1.165, 1.54) is 0 Å². The standard InChI is InChI=1S/C16H14O/c1-2-6-16(17)15-11-9-14(10-12-15)13-7-4-3-5-8-13/h2-12H,1H3/b6-2+. The molecule has 84 valence electrons. The number of rotatable bonds is 3. The molecule has 0 aromatic heterocycles. The molecule has 0 aliphatic carbocycles. The van der Waals surface area contributed by atoms with Gasteiger partial charge in [-0.1, -0.05) is 60.7 Å². The monoisotopic (exact) mass is 222 g/mol. The van der Waals surface area contributed by atoms with Crippen LogP contribution in [0, 0.1) is 0 Å². The van der Waals surface area contributed by atoms with Crippen molar-refractivity contribution in [3.63, 3.8) is 0 Å². The average Bonchev–Trinajstić information content (AvgIpc) is 2.40. The fourth-order valence-electron chi connectivity index (χ4n) is 1.71. The highest BCUT2D eigenvalue weighted by Gasteiger charge is 2.01. The number of allylic oxidation sites excluding steroid dienone is 2. The van der Waals surface area contributed by atoms with E-state index in [9.17, 15) is 4.79 Å². The van der Waals surface area contributed by atoms with Crippen LogP contribution in [0.4, 0.5) is 0 Å². The molecule has 0 aliphatic rings. The molecule has 0 radical (unpaired) electrons. The van der Waals surface area contributed by atoms with Crippen molar-refractivity contribution in [2.75, 3.05) is 0 Å². The molecule has 0 atom stereocenters. The first kappa shape index (κ1) is 11.3. The third kappa shape index (κ3) is 2.70. The summed E-state index contributed by atoms with van der Waals surface area (Å²) in [6.45, 7) is 1.84. The quantitative estimate of drug-likeness (QED) is 0.564. The topological polar surface area (TPSA) is 17.1 Å². The molecule has 0 bridgehead atoms. The third-order valence-electron chi connectivity index (χ3n) is 2.59. The number of carbonyl (C=O) groups is 1. The first-order valence-electron chi connectivity index (χ1n) is 5.64. The predicted octanol–water partition coefficient (Wildman–Crippen LogP) is 4.11. The van der Waals surface area contributed by atoms with Crippen molar-refractivity contribution >= 4 is 5.78 Å². The second kappa shape index (κ2) is 5.26. The molecule has 0 saturated heterocycles. The molecule has 0 N–H and O–H groups in total. The van der Waals surface area contributed by atoms with Gasteiger partial charge in [-0.2, -0.15) is 0 Å². The van der Waals surface area contributed by atoms with E-state index in [1.807, 2.05) is 49.4 Å². The first-order chi connectivity index (χ1) is 8.31. The molecule has 2 rings (SSSR count). The maximum Gasteiger partial charge on any atom is 0.185 e. The van der Waals surface area contributed by atoms with E-state index in [2.05, 4.69) is 12.1 Å². The number of ketones is 1. The van der Waals surface area contributed by atoms with Gasteiger partial charge in [-0.25, -0.2) is 0 Å². The van der Waals surface area contributed by atoms with Crippen LogP contribution in [-0.2, 0) is 0 Å². The molecular formula is C16H14O. The van der Waals surface area contributed by atoms with Crippen LogP contribution in [0.1, 0.15) is 17.3 Å². The van der Waals surface area contributed by atoms with Gasteiger partial charge in [0.25, 0.3) is 0 Å². The highest BCUT2D eigenvalue weighted by molar-refractivity contribution is 6.04. The summed E-state index contributed by atoms with van der Waals surface area (Å²) in [6.07, 6.45) is 3.34. The zero-order valence-corrected chi connectivity index (χ0v) is 9.76. The Morgan fingerprint density at radius 3 is 2.06 bits per heavy atom. The van der Waals surface area contributed by atoms with Gasteiger partial charge in [0.2, 0.25) is 0 Å². The van der Waals surface area contributed by atoms with Crippen molar-refractivity contribution in [2.45, 2.75) is 6.92 Å². The van der Waals surface area contributed by atoms with Crippen LogP contribution in [0.3, 0.4) is 0 Å². The van der Waals surface area contributed by atoms with Crippen molar-refractivity contribution in [2.24, 2.45) is 0 Å². The predicted molar refractivity (Wildman–Crippen MR) is 71.0 cm³/mol. The van der Waals surface area contributed by atoms with Gasteiger partial charge in [0.15, 0.2) is 5.78 Å². The Hall–Kier alpha value is -2.15. The van der Waals surface area contributed by atoms with Crippen molar-refractivity contribution in [1.82, 2.24) is 0 Å². The average molecular weight is 222 g/mol. The van der Waals surface area contributed by atoms with E-state index >= 15 is 0 Å². The second-order valence-electron chi connectivity index (χ2n) is 3.81. The zero-order valence-electron chi connectivity index (χ0n) is 9.76. The Labute approximate surface area is 101 Å². The number of carbonyl (C=O) groups excluding carboxylic acids is 1. The normalized spacial score (nSPS) is 10.6. The Balaban J connectivity index is 2.28. The minimum absolute atomic E-state index is 0.0483. The molecule has 0 heterocycles. The van der Waals surface area contributed by atoms with Crippen molar-refractivity contribution in [3.8, 4) is 11.1 Å². The minimum atomic E-state index is 0.0483. The molecule has 0 aliphatic heterocycles. The van der Waals surface area contributed by atoms with Crippen molar-refractivity contribution < 1.29 is 4.79 Å². The molecule has 2 aromatic carbocycles. The number of benzene rings is 2. The molecule has 2 aromatic rings. The van der Waals surface area contributed by atoms with Gasteiger partial charge in [-0.15, -0.1) is 0 Å². The number of hydrogen-bond donors (Lipinski definition) is 0. The van der Waals surface area contributed by atoms with Crippen LogP contribution < -0.4 is 0 Å². The molecule has 17 heavy (non-hydrogen) atoms. The molecular weight excluding hydrogens is 208 g/mol. The van der Waals surface area contributed by atoms with E-state index in [-0.39, 0.29) is 5.78 Å². The van der Waals surface area contributed by atoms with E-state index < -0.39 is 0 Å². The summed E-state index contributed by atoms with van der Waals surface area (Å²) in [5, 5.41) is 0. The van der Waals surface area contributed by atoms with Gasteiger partial charge in [0.1, 0.15) is 0 Å². The van der Waals surface area contributed by atoms with E-state index in [4.69, 9.17) is 0 Å². The Morgan fingerprint density at radius 2 is 1.47 bits per heavy atom.